The van der Waals surface area contributed by atoms with Crippen molar-refractivity contribution in [1.29, 1.82) is 0 Å². The molecule has 1 heterocycles. The van der Waals surface area contributed by atoms with Crippen LogP contribution in [0.1, 0.15) is 21.3 Å². The monoisotopic (exact) mass is 281 g/mol. The first-order valence-electron chi connectivity index (χ1n) is 5.42. The number of aliphatic hydroxyl groups excluding tert-OH is 1. The highest BCUT2D eigenvalue weighted by atomic mass is 35.5. The van der Waals surface area contributed by atoms with Crippen LogP contribution in [0.3, 0.4) is 0 Å². The molecule has 2 N–H and O–H groups in total. The molecule has 1 amide bonds. The van der Waals surface area contributed by atoms with Gasteiger partial charge in [0.25, 0.3) is 5.91 Å². The number of nitrogens with one attached hydrogen (secondary N) is 1. The third-order valence-electron chi connectivity index (χ3n) is 2.49. The fourth-order valence-electron chi connectivity index (χ4n) is 1.59. The number of carbonyl (C=O) groups excluding carboxylic acids is 1. The third kappa shape index (κ3) is 3.10. The Labute approximate surface area is 114 Å². The zero-order valence-electron chi connectivity index (χ0n) is 9.47. The van der Waals surface area contributed by atoms with Crippen LogP contribution >= 0.6 is 22.9 Å². The molecule has 1 aromatic carbocycles. The lowest BCUT2D eigenvalue weighted by atomic mass is 10.1. The van der Waals surface area contributed by atoms with E-state index in [0.29, 0.717) is 9.21 Å². The lowest BCUT2D eigenvalue weighted by molar-refractivity contribution is 0.0920. The zero-order chi connectivity index (χ0) is 13.0. The van der Waals surface area contributed by atoms with Crippen molar-refractivity contribution >= 4 is 28.8 Å². The van der Waals surface area contributed by atoms with Crippen LogP contribution in [0.2, 0.25) is 4.34 Å². The van der Waals surface area contributed by atoms with Crippen LogP contribution in [-0.4, -0.2) is 17.6 Å². The van der Waals surface area contributed by atoms with Gasteiger partial charge in [0.15, 0.2) is 0 Å². The van der Waals surface area contributed by atoms with Gasteiger partial charge in [-0.15, -0.1) is 11.3 Å². The van der Waals surface area contributed by atoms with Gasteiger partial charge in [-0.3, -0.25) is 4.79 Å². The zero-order valence-corrected chi connectivity index (χ0v) is 11.0. The van der Waals surface area contributed by atoms with E-state index in [1.54, 1.807) is 12.1 Å². The molecule has 94 valence electrons. The van der Waals surface area contributed by atoms with Gasteiger partial charge in [0.1, 0.15) is 0 Å². The summed E-state index contributed by atoms with van der Waals surface area (Å²) in [4.78, 5) is 12.5. The predicted octanol–water partition coefficient (Wildman–Crippen LogP) is 2.86. The summed E-state index contributed by atoms with van der Waals surface area (Å²) in [5.74, 6) is -0.227. The summed E-state index contributed by atoms with van der Waals surface area (Å²) in [5.41, 5.74) is 0.871. The summed E-state index contributed by atoms with van der Waals surface area (Å²) in [6, 6.07) is 12.3. The number of hydrogen-bond donors (Lipinski definition) is 2. The minimum absolute atomic E-state index is 0.144. The van der Waals surface area contributed by atoms with Crippen LogP contribution < -0.4 is 5.32 Å². The molecule has 1 atom stereocenters. The molecular formula is C13H12ClNO2S. The van der Waals surface area contributed by atoms with Gasteiger partial charge >= 0.3 is 0 Å². The molecule has 18 heavy (non-hydrogen) atoms. The summed E-state index contributed by atoms with van der Waals surface area (Å²) < 4.78 is 0.570. The second-order valence-electron chi connectivity index (χ2n) is 3.72. The average molecular weight is 282 g/mol. The molecule has 5 heteroatoms. The topological polar surface area (TPSA) is 49.3 Å². The highest BCUT2D eigenvalue weighted by Gasteiger charge is 2.15. The number of halogens is 1. The van der Waals surface area contributed by atoms with Crippen molar-refractivity contribution < 1.29 is 9.90 Å². The first kappa shape index (κ1) is 13.1. The van der Waals surface area contributed by atoms with E-state index in [-0.39, 0.29) is 12.5 Å². The molecule has 0 saturated carbocycles. The minimum atomic E-state index is -0.403. The Morgan fingerprint density at radius 1 is 1.28 bits per heavy atom. The van der Waals surface area contributed by atoms with Gasteiger partial charge in [-0.05, 0) is 17.7 Å². The van der Waals surface area contributed by atoms with Crippen molar-refractivity contribution in [3.63, 3.8) is 0 Å². The van der Waals surface area contributed by atoms with E-state index in [9.17, 15) is 9.90 Å². The molecule has 2 rings (SSSR count). The van der Waals surface area contributed by atoms with Crippen LogP contribution in [-0.2, 0) is 0 Å². The highest BCUT2D eigenvalue weighted by Crippen LogP contribution is 2.22. The van der Waals surface area contributed by atoms with Gasteiger partial charge in [0, 0.05) is 0 Å². The maximum atomic E-state index is 11.9. The van der Waals surface area contributed by atoms with Crippen molar-refractivity contribution in [2.75, 3.05) is 6.61 Å². The SMILES string of the molecule is O=C(NC(CO)c1ccccc1)c1ccc(Cl)s1. The van der Waals surface area contributed by atoms with Crippen molar-refractivity contribution in [1.82, 2.24) is 5.32 Å². The fraction of sp³-hybridized carbons (Fsp3) is 0.154. The van der Waals surface area contributed by atoms with Crippen molar-refractivity contribution in [2.45, 2.75) is 6.04 Å². The third-order valence-corrected chi connectivity index (χ3v) is 3.72. The predicted molar refractivity (Wildman–Crippen MR) is 73.1 cm³/mol. The molecule has 0 aliphatic heterocycles. The highest BCUT2D eigenvalue weighted by molar-refractivity contribution is 7.17. The Hall–Kier alpha value is -1.36. The van der Waals surface area contributed by atoms with Crippen molar-refractivity contribution in [3.8, 4) is 0 Å². The summed E-state index contributed by atoms with van der Waals surface area (Å²) >= 11 is 7.00. The second kappa shape index (κ2) is 6.00. The Kier molecular flexibility index (Phi) is 4.36. The van der Waals surface area contributed by atoms with E-state index in [0.717, 1.165) is 5.56 Å². The number of rotatable bonds is 4. The average Bonchev–Trinajstić information content (AvgIpc) is 2.83. The number of benzene rings is 1. The van der Waals surface area contributed by atoms with Crippen molar-refractivity contribution in [3.05, 3.63) is 57.2 Å². The first-order chi connectivity index (χ1) is 8.70. The molecular weight excluding hydrogens is 270 g/mol. The van der Waals surface area contributed by atoms with Gasteiger partial charge in [-0.1, -0.05) is 41.9 Å². The number of hydrogen-bond acceptors (Lipinski definition) is 3. The van der Waals surface area contributed by atoms with Gasteiger partial charge in [-0.2, -0.15) is 0 Å². The van der Waals surface area contributed by atoms with Crippen LogP contribution in [0.4, 0.5) is 0 Å². The Bertz CT molecular complexity index is 527. The lowest BCUT2D eigenvalue weighted by Crippen LogP contribution is -2.30. The van der Waals surface area contributed by atoms with E-state index in [4.69, 9.17) is 11.6 Å². The van der Waals surface area contributed by atoms with Crippen LogP contribution in [0.15, 0.2) is 42.5 Å². The lowest BCUT2D eigenvalue weighted by Gasteiger charge is -2.16. The molecule has 0 bridgehead atoms. The summed E-state index contributed by atoms with van der Waals surface area (Å²) in [7, 11) is 0. The minimum Gasteiger partial charge on any atom is -0.394 e. The van der Waals surface area contributed by atoms with E-state index < -0.39 is 6.04 Å². The molecule has 0 fully saturated rings. The van der Waals surface area contributed by atoms with E-state index in [2.05, 4.69) is 5.32 Å². The summed E-state index contributed by atoms with van der Waals surface area (Å²) in [6.45, 7) is -0.144. The van der Waals surface area contributed by atoms with E-state index in [1.807, 2.05) is 30.3 Å². The van der Waals surface area contributed by atoms with Crippen LogP contribution in [0.5, 0.6) is 0 Å². The maximum Gasteiger partial charge on any atom is 0.261 e. The van der Waals surface area contributed by atoms with E-state index in [1.165, 1.54) is 11.3 Å². The van der Waals surface area contributed by atoms with Crippen LogP contribution in [0, 0.1) is 0 Å². The number of thiophene rings is 1. The number of amides is 1. The Balaban J connectivity index is 2.10. The second-order valence-corrected chi connectivity index (χ2v) is 5.44. The molecule has 1 unspecified atom stereocenters. The maximum absolute atomic E-state index is 11.9. The molecule has 0 radical (unpaired) electrons. The smallest absolute Gasteiger partial charge is 0.261 e. The molecule has 0 aliphatic rings. The molecule has 0 saturated heterocycles. The number of aliphatic hydroxyl groups is 1. The first-order valence-corrected chi connectivity index (χ1v) is 6.62. The molecule has 3 nitrogen and oxygen atoms in total. The molecule has 2 aromatic rings. The normalized spacial score (nSPS) is 12.1. The molecule has 0 spiro atoms. The summed E-state index contributed by atoms with van der Waals surface area (Å²) in [5, 5.41) is 12.1. The summed E-state index contributed by atoms with van der Waals surface area (Å²) in [6.07, 6.45) is 0. The fourth-order valence-corrected chi connectivity index (χ4v) is 2.53. The largest absolute Gasteiger partial charge is 0.394 e. The van der Waals surface area contributed by atoms with Crippen LogP contribution in [0.25, 0.3) is 0 Å². The molecule has 0 aliphatic carbocycles. The standard InChI is InChI=1S/C13H12ClNO2S/c14-12-7-6-11(18-12)13(17)15-10(8-16)9-4-2-1-3-5-9/h1-7,10,16H,8H2,(H,15,17). The van der Waals surface area contributed by atoms with Gasteiger partial charge in [-0.25, -0.2) is 0 Å². The quantitative estimate of drug-likeness (QED) is 0.905. The Morgan fingerprint density at radius 2 is 2.00 bits per heavy atom. The van der Waals surface area contributed by atoms with Gasteiger partial charge in [0.2, 0.25) is 0 Å². The molecule has 1 aromatic heterocycles. The van der Waals surface area contributed by atoms with E-state index >= 15 is 0 Å². The van der Waals surface area contributed by atoms with Gasteiger partial charge < -0.3 is 10.4 Å². The van der Waals surface area contributed by atoms with Crippen molar-refractivity contribution in [2.24, 2.45) is 0 Å². The Morgan fingerprint density at radius 3 is 2.56 bits per heavy atom. The van der Waals surface area contributed by atoms with Gasteiger partial charge in [0.05, 0.1) is 21.9 Å². The number of carbonyl (C=O) groups is 1.